The fourth-order valence-corrected chi connectivity index (χ4v) is 4.18. The van der Waals surface area contributed by atoms with Gasteiger partial charge in [-0.3, -0.25) is 0 Å². The molecule has 4 N–H and O–H groups in total. The van der Waals surface area contributed by atoms with E-state index in [2.05, 4.69) is 15.2 Å². The van der Waals surface area contributed by atoms with Crippen LogP contribution in [0, 0.1) is 0 Å². The van der Waals surface area contributed by atoms with Gasteiger partial charge >= 0.3 is 6.18 Å². The zero-order valence-electron chi connectivity index (χ0n) is 15.7. The largest absolute Gasteiger partial charge is 0.416 e. The number of fused-ring (bicyclic) bond motifs is 1. The fourth-order valence-electron chi connectivity index (χ4n) is 3.32. The molecule has 2 aromatic carbocycles. The average Bonchev–Trinajstić information content (AvgIpc) is 3.07. The average molecular weight is 429 g/mol. The van der Waals surface area contributed by atoms with Crippen molar-refractivity contribution >= 4 is 27.2 Å². The number of nitrogens with two attached hydrogens (primary N) is 2. The fraction of sp³-hybridized carbons (Fsp3) is 0.190. The molecule has 0 saturated carbocycles. The first-order valence-electron chi connectivity index (χ1n) is 9.17. The number of halogens is 3. The summed E-state index contributed by atoms with van der Waals surface area (Å²) in [6, 6.07) is 10.7. The van der Waals surface area contributed by atoms with Gasteiger partial charge in [0, 0.05) is 23.2 Å². The van der Waals surface area contributed by atoms with Gasteiger partial charge < -0.3 is 11.5 Å². The van der Waals surface area contributed by atoms with Crippen molar-refractivity contribution in [2.45, 2.75) is 25.1 Å². The van der Waals surface area contributed by atoms with Crippen molar-refractivity contribution in [3.63, 3.8) is 0 Å². The van der Waals surface area contributed by atoms with Crippen LogP contribution in [0.3, 0.4) is 0 Å². The van der Waals surface area contributed by atoms with E-state index < -0.39 is 11.7 Å². The molecule has 0 saturated heterocycles. The van der Waals surface area contributed by atoms with Gasteiger partial charge in [0.2, 0.25) is 0 Å². The Morgan fingerprint density at radius 3 is 2.33 bits per heavy atom. The molecule has 0 aliphatic carbocycles. The van der Waals surface area contributed by atoms with E-state index in [1.807, 2.05) is 18.2 Å². The van der Waals surface area contributed by atoms with Crippen molar-refractivity contribution in [1.29, 1.82) is 0 Å². The van der Waals surface area contributed by atoms with Gasteiger partial charge in [-0.25, -0.2) is 4.98 Å². The number of thiazole rings is 1. The van der Waals surface area contributed by atoms with Gasteiger partial charge in [0.1, 0.15) is 0 Å². The smallest absolute Gasteiger partial charge is 0.375 e. The zero-order valence-corrected chi connectivity index (χ0v) is 16.5. The number of hydrogen-bond donors (Lipinski definition) is 2. The van der Waals surface area contributed by atoms with Crippen LogP contribution in [0.4, 0.5) is 18.3 Å². The van der Waals surface area contributed by atoms with Crippen molar-refractivity contribution in [2.75, 3.05) is 5.73 Å². The summed E-state index contributed by atoms with van der Waals surface area (Å²) >= 11 is 1.38. The maximum atomic E-state index is 12.7. The second-order valence-corrected chi connectivity index (χ2v) is 8.05. The maximum absolute atomic E-state index is 12.7. The normalized spacial score (nSPS) is 12.9. The van der Waals surface area contributed by atoms with E-state index in [0.29, 0.717) is 18.0 Å². The highest BCUT2D eigenvalue weighted by Crippen LogP contribution is 2.34. The number of rotatable bonds is 5. The molecule has 0 fully saturated rings. The molecule has 0 unspecified atom stereocenters. The van der Waals surface area contributed by atoms with Crippen LogP contribution in [0.15, 0.2) is 54.9 Å². The van der Waals surface area contributed by atoms with Crippen molar-refractivity contribution in [3.8, 4) is 10.4 Å². The summed E-state index contributed by atoms with van der Waals surface area (Å²) in [5.74, 6) is 0. The van der Waals surface area contributed by atoms with Crippen LogP contribution in [0.2, 0.25) is 0 Å². The number of nitrogens with zero attached hydrogens (tertiary/aromatic N) is 3. The summed E-state index contributed by atoms with van der Waals surface area (Å²) in [5, 5.41) is 10.2. The third kappa shape index (κ3) is 4.42. The molecule has 2 heterocycles. The van der Waals surface area contributed by atoms with Gasteiger partial charge in [-0.2, -0.15) is 23.4 Å². The molecule has 30 heavy (non-hydrogen) atoms. The lowest BCUT2D eigenvalue weighted by molar-refractivity contribution is -0.137. The predicted molar refractivity (Wildman–Crippen MR) is 112 cm³/mol. The lowest BCUT2D eigenvalue weighted by atomic mass is 9.99. The van der Waals surface area contributed by atoms with Gasteiger partial charge in [0.15, 0.2) is 5.13 Å². The van der Waals surface area contributed by atoms with Crippen LogP contribution >= 0.6 is 11.3 Å². The molecule has 2 aromatic heterocycles. The maximum Gasteiger partial charge on any atom is 0.416 e. The van der Waals surface area contributed by atoms with E-state index in [0.717, 1.165) is 44.6 Å². The standard InChI is InChI=1S/C21H18F3N5S/c22-21(23,24)16-5-1-12(2-6-16)7-17(25)9-18-19(30-20(26)29-18)13-3-4-14-10-27-28-11-15(14)8-13/h1-6,8,10-11,17H,7,9,25H2,(H2,26,29)/t17-/m0/s1. The second-order valence-electron chi connectivity index (χ2n) is 7.02. The summed E-state index contributed by atoms with van der Waals surface area (Å²) in [7, 11) is 0. The van der Waals surface area contributed by atoms with E-state index >= 15 is 0 Å². The summed E-state index contributed by atoms with van der Waals surface area (Å²) in [5.41, 5.74) is 14.0. The molecule has 4 rings (SSSR count). The number of alkyl halides is 3. The number of anilines is 1. The Hall–Kier alpha value is -3.04. The van der Waals surface area contributed by atoms with E-state index in [4.69, 9.17) is 11.5 Å². The molecule has 0 aliphatic heterocycles. The lowest BCUT2D eigenvalue weighted by Crippen LogP contribution is -2.26. The van der Waals surface area contributed by atoms with Gasteiger partial charge in [-0.1, -0.05) is 35.6 Å². The van der Waals surface area contributed by atoms with Crippen molar-refractivity contribution in [3.05, 3.63) is 71.7 Å². The molecule has 1 atom stereocenters. The molecule has 0 spiro atoms. The number of aromatic nitrogens is 3. The van der Waals surface area contributed by atoms with Crippen LogP contribution < -0.4 is 11.5 Å². The van der Waals surface area contributed by atoms with Gasteiger partial charge in [-0.15, -0.1) is 0 Å². The molecular weight excluding hydrogens is 411 g/mol. The molecule has 154 valence electrons. The van der Waals surface area contributed by atoms with Crippen LogP contribution in [-0.4, -0.2) is 21.2 Å². The molecular formula is C21H18F3N5S. The van der Waals surface area contributed by atoms with E-state index in [1.165, 1.54) is 23.5 Å². The SMILES string of the molecule is Nc1nc(C[C@@H](N)Cc2ccc(C(F)(F)F)cc2)c(-c2ccc3cnncc3c2)s1. The molecule has 0 amide bonds. The molecule has 0 aliphatic rings. The molecule has 0 radical (unpaired) electrons. The number of hydrogen-bond acceptors (Lipinski definition) is 6. The molecule has 4 aromatic rings. The Balaban J connectivity index is 1.53. The van der Waals surface area contributed by atoms with Crippen molar-refractivity contribution < 1.29 is 13.2 Å². The van der Waals surface area contributed by atoms with E-state index in [1.54, 1.807) is 12.4 Å². The molecule has 9 heteroatoms. The lowest BCUT2D eigenvalue weighted by Gasteiger charge is -2.13. The number of benzene rings is 2. The summed E-state index contributed by atoms with van der Waals surface area (Å²) < 4.78 is 38.2. The monoisotopic (exact) mass is 429 g/mol. The minimum absolute atomic E-state index is 0.312. The second kappa shape index (κ2) is 8.00. The first-order chi connectivity index (χ1) is 14.3. The van der Waals surface area contributed by atoms with Crippen LogP contribution in [0.5, 0.6) is 0 Å². The molecule has 0 bridgehead atoms. The molecule has 5 nitrogen and oxygen atoms in total. The third-order valence-electron chi connectivity index (χ3n) is 4.76. The quantitative estimate of drug-likeness (QED) is 0.489. The highest BCUT2D eigenvalue weighted by Gasteiger charge is 2.30. The Morgan fingerprint density at radius 1 is 0.933 bits per heavy atom. The Morgan fingerprint density at radius 2 is 1.63 bits per heavy atom. The first-order valence-corrected chi connectivity index (χ1v) is 9.99. The predicted octanol–water partition coefficient (Wildman–Crippen LogP) is 4.47. The summed E-state index contributed by atoms with van der Waals surface area (Å²) in [4.78, 5) is 5.36. The summed E-state index contributed by atoms with van der Waals surface area (Å²) in [6.07, 6.45) is -0.0710. The minimum atomic E-state index is -4.35. The summed E-state index contributed by atoms with van der Waals surface area (Å²) in [6.45, 7) is 0. The first kappa shape index (κ1) is 20.2. The van der Waals surface area contributed by atoms with Crippen LogP contribution in [0.25, 0.3) is 21.2 Å². The van der Waals surface area contributed by atoms with E-state index in [9.17, 15) is 13.2 Å². The van der Waals surface area contributed by atoms with Gasteiger partial charge in [0.25, 0.3) is 0 Å². The zero-order chi connectivity index (χ0) is 21.3. The Bertz CT molecular complexity index is 1170. The third-order valence-corrected chi connectivity index (χ3v) is 5.73. The topological polar surface area (TPSA) is 90.7 Å². The van der Waals surface area contributed by atoms with Crippen molar-refractivity contribution in [2.24, 2.45) is 5.73 Å². The minimum Gasteiger partial charge on any atom is -0.375 e. The van der Waals surface area contributed by atoms with Gasteiger partial charge in [-0.05, 0) is 35.7 Å². The van der Waals surface area contributed by atoms with Crippen molar-refractivity contribution in [1.82, 2.24) is 15.2 Å². The van der Waals surface area contributed by atoms with Crippen LogP contribution in [-0.2, 0) is 19.0 Å². The van der Waals surface area contributed by atoms with E-state index in [-0.39, 0.29) is 6.04 Å². The highest BCUT2D eigenvalue weighted by molar-refractivity contribution is 7.18. The Labute approximate surface area is 174 Å². The van der Waals surface area contributed by atoms with Crippen LogP contribution in [0.1, 0.15) is 16.8 Å². The van der Waals surface area contributed by atoms with Gasteiger partial charge in [0.05, 0.1) is 28.5 Å². The number of nitrogen functional groups attached to an aromatic ring is 1. The Kier molecular flexibility index (Phi) is 5.40. The highest BCUT2D eigenvalue weighted by atomic mass is 32.1.